The number of thioether (sulfide) groups is 2. The van der Waals surface area contributed by atoms with Crippen molar-refractivity contribution in [3.05, 3.63) is 53.6 Å². The van der Waals surface area contributed by atoms with Crippen molar-refractivity contribution in [1.82, 2.24) is 0 Å². The summed E-state index contributed by atoms with van der Waals surface area (Å²) in [6.45, 7) is 0.517. The first-order valence-electron chi connectivity index (χ1n) is 7.08. The standard InChI is InChI=1S/C17H18ClNO2S2/c1-22-14-6-4-5-13(11-14)19-17(20)12-23-10-9-21-16-8-3-2-7-15(16)18/h2-8,11H,9-10,12H2,1H3,(H,19,20). The van der Waals surface area contributed by atoms with Gasteiger partial charge in [-0.15, -0.1) is 23.5 Å². The van der Waals surface area contributed by atoms with Gasteiger partial charge < -0.3 is 10.1 Å². The zero-order valence-electron chi connectivity index (χ0n) is 12.8. The highest BCUT2D eigenvalue weighted by molar-refractivity contribution is 8.00. The van der Waals surface area contributed by atoms with Gasteiger partial charge in [-0.1, -0.05) is 29.8 Å². The van der Waals surface area contributed by atoms with E-state index in [2.05, 4.69) is 5.32 Å². The van der Waals surface area contributed by atoms with Crippen molar-refractivity contribution < 1.29 is 9.53 Å². The van der Waals surface area contributed by atoms with Gasteiger partial charge >= 0.3 is 0 Å². The first-order chi connectivity index (χ1) is 11.2. The number of carbonyl (C=O) groups excluding carboxylic acids is 1. The smallest absolute Gasteiger partial charge is 0.234 e. The molecule has 0 aliphatic carbocycles. The predicted octanol–water partition coefficient (Wildman–Crippen LogP) is 4.81. The van der Waals surface area contributed by atoms with E-state index in [-0.39, 0.29) is 5.91 Å². The van der Waals surface area contributed by atoms with Crippen LogP contribution in [0.3, 0.4) is 0 Å². The minimum absolute atomic E-state index is 0.00834. The molecule has 0 fully saturated rings. The molecule has 0 aliphatic heterocycles. The molecule has 0 bridgehead atoms. The van der Waals surface area contributed by atoms with E-state index in [9.17, 15) is 4.79 Å². The van der Waals surface area contributed by atoms with Gasteiger partial charge in [-0.25, -0.2) is 0 Å². The van der Waals surface area contributed by atoms with E-state index >= 15 is 0 Å². The van der Waals surface area contributed by atoms with Gasteiger partial charge in [0.05, 0.1) is 17.4 Å². The monoisotopic (exact) mass is 367 g/mol. The zero-order chi connectivity index (χ0) is 16.5. The van der Waals surface area contributed by atoms with E-state index in [0.29, 0.717) is 23.1 Å². The van der Waals surface area contributed by atoms with E-state index in [4.69, 9.17) is 16.3 Å². The third-order valence-corrected chi connectivity index (χ3v) is 4.87. The molecule has 0 radical (unpaired) electrons. The van der Waals surface area contributed by atoms with Crippen molar-refractivity contribution in [3.63, 3.8) is 0 Å². The molecule has 0 unspecified atom stereocenters. The lowest BCUT2D eigenvalue weighted by molar-refractivity contribution is -0.113. The molecule has 0 aliphatic rings. The maximum atomic E-state index is 11.9. The van der Waals surface area contributed by atoms with Crippen LogP contribution in [-0.2, 0) is 4.79 Å². The lowest BCUT2D eigenvalue weighted by Gasteiger charge is -2.08. The molecule has 0 saturated heterocycles. The van der Waals surface area contributed by atoms with Gasteiger partial charge in [0.25, 0.3) is 0 Å². The molecule has 0 spiro atoms. The number of hydrogen-bond acceptors (Lipinski definition) is 4. The number of carbonyl (C=O) groups is 1. The Morgan fingerprint density at radius 1 is 1.22 bits per heavy atom. The summed E-state index contributed by atoms with van der Waals surface area (Å²) < 4.78 is 5.58. The van der Waals surface area contributed by atoms with Crippen molar-refractivity contribution >= 4 is 46.7 Å². The minimum atomic E-state index is -0.00834. The lowest BCUT2D eigenvalue weighted by atomic mass is 10.3. The maximum absolute atomic E-state index is 11.9. The second-order valence-corrected chi connectivity index (χ2v) is 7.00. The predicted molar refractivity (Wildman–Crippen MR) is 101 cm³/mol. The molecule has 1 amide bonds. The molecule has 1 N–H and O–H groups in total. The Kier molecular flexibility index (Phi) is 7.65. The van der Waals surface area contributed by atoms with Crippen LogP contribution in [-0.4, -0.2) is 30.3 Å². The first kappa shape index (κ1) is 18.0. The fourth-order valence-electron chi connectivity index (χ4n) is 1.84. The molecule has 0 heterocycles. The van der Waals surface area contributed by atoms with E-state index < -0.39 is 0 Å². The van der Waals surface area contributed by atoms with Crippen LogP contribution in [0.25, 0.3) is 0 Å². The Labute approximate surface area is 150 Å². The Morgan fingerprint density at radius 2 is 2.04 bits per heavy atom. The number of nitrogens with one attached hydrogen (secondary N) is 1. The summed E-state index contributed by atoms with van der Waals surface area (Å²) in [7, 11) is 0. The Bertz CT molecular complexity index is 652. The fraction of sp³-hybridized carbons (Fsp3) is 0.235. The van der Waals surface area contributed by atoms with Crippen LogP contribution >= 0.6 is 35.1 Å². The van der Waals surface area contributed by atoms with Gasteiger partial charge in [0.15, 0.2) is 0 Å². The van der Waals surface area contributed by atoms with E-state index in [1.165, 1.54) is 11.8 Å². The zero-order valence-corrected chi connectivity index (χ0v) is 15.1. The summed E-state index contributed by atoms with van der Waals surface area (Å²) in [5.41, 5.74) is 0.828. The highest BCUT2D eigenvalue weighted by atomic mass is 35.5. The molecule has 23 heavy (non-hydrogen) atoms. The molecular formula is C17H18ClNO2S2. The van der Waals surface area contributed by atoms with Crippen LogP contribution in [0.4, 0.5) is 5.69 Å². The molecule has 3 nitrogen and oxygen atoms in total. The SMILES string of the molecule is CSc1cccc(NC(=O)CSCCOc2ccccc2Cl)c1. The second kappa shape index (κ2) is 9.75. The van der Waals surface area contributed by atoms with Crippen LogP contribution in [0.2, 0.25) is 5.02 Å². The van der Waals surface area contributed by atoms with Crippen LogP contribution in [0.1, 0.15) is 0 Å². The number of benzene rings is 2. The number of para-hydroxylation sites is 1. The molecule has 6 heteroatoms. The molecule has 2 aromatic carbocycles. The van der Waals surface area contributed by atoms with Gasteiger partial charge in [0, 0.05) is 16.3 Å². The van der Waals surface area contributed by atoms with Crippen molar-refractivity contribution in [1.29, 1.82) is 0 Å². The molecule has 0 aromatic heterocycles. The van der Waals surface area contributed by atoms with E-state index in [1.54, 1.807) is 17.8 Å². The van der Waals surface area contributed by atoms with Crippen LogP contribution in [0, 0.1) is 0 Å². The normalized spacial score (nSPS) is 10.3. The topological polar surface area (TPSA) is 38.3 Å². The molecular weight excluding hydrogens is 350 g/mol. The number of ether oxygens (including phenoxy) is 1. The molecule has 0 saturated carbocycles. The quantitative estimate of drug-likeness (QED) is 0.536. The highest BCUT2D eigenvalue weighted by Crippen LogP contribution is 2.23. The summed E-state index contributed by atoms with van der Waals surface area (Å²) >= 11 is 9.18. The third kappa shape index (κ3) is 6.37. The average molecular weight is 368 g/mol. The highest BCUT2D eigenvalue weighted by Gasteiger charge is 2.04. The van der Waals surface area contributed by atoms with E-state index in [0.717, 1.165) is 16.3 Å². The van der Waals surface area contributed by atoms with Crippen LogP contribution in [0.5, 0.6) is 5.75 Å². The van der Waals surface area contributed by atoms with Crippen LogP contribution in [0.15, 0.2) is 53.4 Å². The van der Waals surface area contributed by atoms with Gasteiger partial charge in [-0.3, -0.25) is 4.79 Å². The fourth-order valence-corrected chi connectivity index (χ4v) is 3.09. The van der Waals surface area contributed by atoms with Crippen molar-refractivity contribution in [2.45, 2.75) is 4.90 Å². The Morgan fingerprint density at radius 3 is 2.83 bits per heavy atom. The average Bonchev–Trinajstić information content (AvgIpc) is 2.56. The maximum Gasteiger partial charge on any atom is 0.234 e. The summed E-state index contributed by atoms with van der Waals surface area (Å²) in [6.07, 6.45) is 2.01. The van der Waals surface area contributed by atoms with Gasteiger partial charge in [-0.2, -0.15) is 0 Å². The second-order valence-electron chi connectivity index (χ2n) is 4.61. The number of amides is 1. The lowest BCUT2D eigenvalue weighted by Crippen LogP contribution is -2.15. The molecule has 2 rings (SSSR count). The number of anilines is 1. The summed E-state index contributed by atoms with van der Waals surface area (Å²) in [6, 6.07) is 15.2. The first-order valence-corrected chi connectivity index (χ1v) is 9.84. The molecule has 122 valence electrons. The molecule has 0 atom stereocenters. The van der Waals surface area contributed by atoms with E-state index in [1.807, 2.05) is 48.7 Å². The number of halogens is 1. The van der Waals surface area contributed by atoms with Gasteiger partial charge in [0.1, 0.15) is 5.75 Å². The summed E-state index contributed by atoms with van der Waals surface area (Å²) in [4.78, 5) is 13.0. The van der Waals surface area contributed by atoms with Gasteiger partial charge in [0.2, 0.25) is 5.91 Å². The van der Waals surface area contributed by atoms with Gasteiger partial charge in [-0.05, 0) is 36.6 Å². The number of rotatable bonds is 8. The number of hydrogen-bond donors (Lipinski definition) is 1. The largest absolute Gasteiger partial charge is 0.491 e. The Hall–Kier alpha value is -1.30. The van der Waals surface area contributed by atoms with Crippen molar-refractivity contribution in [2.75, 3.05) is 29.7 Å². The summed E-state index contributed by atoms with van der Waals surface area (Å²) in [5, 5.41) is 3.50. The minimum Gasteiger partial charge on any atom is -0.491 e. The van der Waals surface area contributed by atoms with Crippen molar-refractivity contribution in [3.8, 4) is 5.75 Å². The Balaban J connectivity index is 1.66. The summed E-state index contributed by atoms with van der Waals surface area (Å²) in [5.74, 6) is 1.79. The third-order valence-electron chi connectivity index (χ3n) is 2.91. The molecule has 2 aromatic rings. The van der Waals surface area contributed by atoms with Crippen LogP contribution < -0.4 is 10.1 Å². The van der Waals surface area contributed by atoms with Crippen molar-refractivity contribution in [2.24, 2.45) is 0 Å².